The molecular weight excluding hydrogens is 238 g/mol. The lowest BCUT2D eigenvalue weighted by Gasteiger charge is -2.29. The summed E-state index contributed by atoms with van der Waals surface area (Å²) in [5, 5.41) is 9.61. The molecule has 1 aliphatic heterocycles. The smallest absolute Gasteiger partial charge is 0.122 e. The number of aliphatic hydroxyl groups excluding tert-OH is 1. The van der Waals surface area contributed by atoms with Crippen molar-refractivity contribution < 1.29 is 9.84 Å². The molecule has 3 heteroatoms. The van der Waals surface area contributed by atoms with E-state index in [1.165, 1.54) is 11.1 Å². The van der Waals surface area contributed by atoms with Crippen LogP contribution in [0.2, 0.25) is 0 Å². The number of hydrogen-bond donors (Lipinski definition) is 1. The number of aliphatic hydroxyl groups is 1. The molecule has 0 aliphatic carbocycles. The number of ether oxygens (including phenoxy) is 1. The normalized spacial score (nSPS) is 20.5. The number of hydrogen-bond acceptors (Lipinski definition) is 3. The Morgan fingerprint density at radius 2 is 2.21 bits per heavy atom. The maximum Gasteiger partial charge on any atom is 0.122 e. The molecule has 0 bridgehead atoms. The zero-order chi connectivity index (χ0) is 13.7. The van der Waals surface area contributed by atoms with Crippen molar-refractivity contribution in [1.82, 2.24) is 4.90 Å². The van der Waals surface area contributed by atoms with Gasteiger partial charge in [0.25, 0.3) is 0 Å². The van der Waals surface area contributed by atoms with Gasteiger partial charge in [0.1, 0.15) is 5.75 Å². The van der Waals surface area contributed by atoms with Crippen molar-refractivity contribution in [2.75, 3.05) is 26.2 Å². The zero-order valence-electron chi connectivity index (χ0n) is 12.1. The lowest BCUT2D eigenvalue weighted by atomic mass is 10.1. The Bertz CT molecular complexity index is 406. The van der Waals surface area contributed by atoms with Crippen molar-refractivity contribution >= 4 is 0 Å². The van der Waals surface area contributed by atoms with Crippen LogP contribution in [-0.4, -0.2) is 42.4 Å². The van der Waals surface area contributed by atoms with Gasteiger partial charge in [-0.1, -0.05) is 12.1 Å². The average molecular weight is 263 g/mol. The van der Waals surface area contributed by atoms with Crippen LogP contribution in [0.15, 0.2) is 18.2 Å². The van der Waals surface area contributed by atoms with Gasteiger partial charge < -0.3 is 14.7 Å². The summed E-state index contributed by atoms with van der Waals surface area (Å²) >= 11 is 0. The van der Waals surface area contributed by atoms with Gasteiger partial charge in [-0.25, -0.2) is 0 Å². The van der Waals surface area contributed by atoms with Crippen LogP contribution in [0.5, 0.6) is 5.75 Å². The fourth-order valence-corrected chi connectivity index (χ4v) is 2.59. The third-order valence-electron chi connectivity index (χ3n) is 3.91. The van der Waals surface area contributed by atoms with E-state index in [1.807, 2.05) is 12.1 Å². The van der Waals surface area contributed by atoms with Gasteiger partial charge in [-0.15, -0.1) is 0 Å². The Morgan fingerprint density at radius 1 is 1.37 bits per heavy atom. The minimum atomic E-state index is -0.131. The number of aryl methyl sites for hydroxylation is 1. The molecule has 3 nitrogen and oxygen atoms in total. The van der Waals surface area contributed by atoms with Crippen LogP contribution in [0, 0.1) is 13.8 Å². The lowest BCUT2D eigenvalue weighted by Crippen LogP contribution is -2.39. The van der Waals surface area contributed by atoms with Gasteiger partial charge in [-0.3, -0.25) is 0 Å². The van der Waals surface area contributed by atoms with E-state index in [9.17, 15) is 5.11 Å². The molecule has 0 saturated carbocycles. The molecule has 0 spiro atoms. The molecule has 1 fully saturated rings. The predicted octanol–water partition coefficient (Wildman–Crippen LogP) is 2.53. The molecule has 19 heavy (non-hydrogen) atoms. The number of piperidine rings is 1. The summed E-state index contributed by atoms with van der Waals surface area (Å²) in [6.07, 6.45) is 2.95. The Balaban J connectivity index is 1.70. The molecule has 106 valence electrons. The third kappa shape index (κ3) is 4.22. The van der Waals surface area contributed by atoms with Crippen molar-refractivity contribution in [2.45, 2.75) is 39.2 Å². The summed E-state index contributed by atoms with van der Waals surface area (Å²) in [4.78, 5) is 2.33. The molecular formula is C16H25NO2. The fourth-order valence-electron chi connectivity index (χ4n) is 2.59. The van der Waals surface area contributed by atoms with Gasteiger partial charge in [0.15, 0.2) is 0 Å². The number of nitrogens with zero attached hydrogens (tertiary/aromatic N) is 1. The minimum Gasteiger partial charge on any atom is -0.493 e. The maximum absolute atomic E-state index is 9.61. The Hall–Kier alpha value is -1.06. The predicted molar refractivity (Wildman–Crippen MR) is 77.7 cm³/mol. The van der Waals surface area contributed by atoms with E-state index in [-0.39, 0.29) is 6.10 Å². The second-order valence-corrected chi connectivity index (χ2v) is 5.50. The largest absolute Gasteiger partial charge is 0.493 e. The highest BCUT2D eigenvalue weighted by Crippen LogP contribution is 2.20. The molecule has 1 unspecified atom stereocenters. The van der Waals surface area contributed by atoms with Crippen molar-refractivity contribution in [1.29, 1.82) is 0 Å². The summed E-state index contributed by atoms with van der Waals surface area (Å²) in [5.74, 6) is 0.999. The zero-order valence-corrected chi connectivity index (χ0v) is 12.1. The van der Waals surface area contributed by atoms with Crippen molar-refractivity contribution in [3.05, 3.63) is 29.3 Å². The van der Waals surface area contributed by atoms with E-state index in [2.05, 4.69) is 24.8 Å². The summed E-state index contributed by atoms with van der Waals surface area (Å²) in [5.41, 5.74) is 2.51. The monoisotopic (exact) mass is 263 g/mol. The summed E-state index contributed by atoms with van der Waals surface area (Å²) < 4.78 is 5.85. The molecule has 1 heterocycles. The minimum absolute atomic E-state index is 0.131. The number of β-amino-alcohol motifs (C(OH)–C–C–N with tert-alkyl or cyclic N) is 1. The van der Waals surface area contributed by atoms with Crippen LogP contribution in [-0.2, 0) is 0 Å². The Labute approximate surface area is 116 Å². The first-order valence-electron chi connectivity index (χ1n) is 7.26. The molecule has 1 N–H and O–H groups in total. The summed E-state index contributed by atoms with van der Waals surface area (Å²) in [7, 11) is 0. The van der Waals surface area contributed by atoms with Gasteiger partial charge >= 0.3 is 0 Å². The average Bonchev–Trinajstić information content (AvgIpc) is 2.39. The van der Waals surface area contributed by atoms with Gasteiger partial charge in [-0.05, 0) is 56.8 Å². The molecule has 1 atom stereocenters. The Morgan fingerprint density at radius 3 is 3.00 bits per heavy atom. The SMILES string of the molecule is Cc1cccc(OCCCN2CCCC(O)C2)c1C. The number of benzene rings is 1. The standard InChI is InChI=1S/C16H25NO2/c1-13-6-3-8-16(14(13)2)19-11-5-10-17-9-4-7-15(18)12-17/h3,6,8,15,18H,4-5,7,9-12H2,1-2H3. The second-order valence-electron chi connectivity index (χ2n) is 5.50. The highest BCUT2D eigenvalue weighted by atomic mass is 16.5. The fraction of sp³-hybridized carbons (Fsp3) is 0.625. The second kappa shape index (κ2) is 6.92. The van der Waals surface area contributed by atoms with Crippen LogP contribution in [0.25, 0.3) is 0 Å². The van der Waals surface area contributed by atoms with Crippen LogP contribution in [0.3, 0.4) is 0 Å². The van der Waals surface area contributed by atoms with Gasteiger partial charge in [-0.2, -0.15) is 0 Å². The molecule has 1 aromatic carbocycles. The molecule has 0 amide bonds. The van der Waals surface area contributed by atoms with Crippen molar-refractivity contribution in [2.24, 2.45) is 0 Å². The van der Waals surface area contributed by atoms with Crippen molar-refractivity contribution in [3.8, 4) is 5.75 Å². The van der Waals surface area contributed by atoms with Gasteiger partial charge in [0, 0.05) is 13.1 Å². The van der Waals surface area contributed by atoms with Gasteiger partial charge in [0.2, 0.25) is 0 Å². The molecule has 0 aromatic heterocycles. The Kier molecular flexibility index (Phi) is 5.23. The van der Waals surface area contributed by atoms with E-state index in [0.717, 1.165) is 51.3 Å². The van der Waals surface area contributed by atoms with Crippen LogP contribution in [0.4, 0.5) is 0 Å². The molecule has 0 radical (unpaired) electrons. The molecule has 1 aliphatic rings. The van der Waals surface area contributed by atoms with Gasteiger partial charge in [0.05, 0.1) is 12.7 Å². The van der Waals surface area contributed by atoms with Crippen molar-refractivity contribution in [3.63, 3.8) is 0 Å². The van der Waals surface area contributed by atoms with Crippen LogP contribution < -0.4 is 4.74 Å². The first-order valence-corrected chi connectivity index (χ1v) is 7.26. The molecule has 2 rings (SSSR count). The number of rotatable bonds is 5. The quantitative estimate of drug-likeness (QED) is 0.829. The first-order chi connectivity index (χ1) is 9.16. The van der Waals surface area contributed by atoms with Crippen LogP contribution >= 0.6 is 0 Å². The van der Waals surface area contributed by atoms with E-state index >= 15 is 0 Å². The van der Waals surface area contributed by atoms with E-state index in [1.54, 1.807) is 0 Å². The molecule has 1 saturated heterocycles. The summed E-state index contributed by atoms with van der Waals surface area (Å²) in [6.45, 7) is 7.91. The first kappa shape index (κ1) is 14.4. The number of likely N-dealkylation sites (tertiary alicyclic amines) is 1. The van der Waals surface area contributed by atoms with E-state index in [4.69, 9.17) is 4.74 Å². The highest BCUT2D eigenvalue weighted by molar-refractivity contribution is 5.38. The van der Waals surface area contributed by atoms with E-state index < -0.39 is 0 Å². The topological polar surface area (TPSA) is 32.7 Å². The van der Waals surface area contributed by atoms with Crippen LogP contribution in [0.1, 0.15) is 30.4 Å². The molecule has 1 aromatic rings. The van der Waals surface area contributed by atoms with E-state index in [0.29, 0.717) is 0 Å². The maximum atomic E-state index is 9.61. The highest BCUT2D eigenvalue weighted by Gasteiger charge is 2.16. The summed E-state index contributed by atoms with van der Waals surface area (Å²) in [6, 6.07) is 6.18. The lowest BCUT2D eigenvalue weighted by molar-refractivity contribution is 0.0678. The third-order valence-corrected chi connectivity index (χ3v) is 3.91.